The van der Waals surface area contributed by atoms with E-state index < -0.39 is 11.7 Å². The van der Waals surface area contributed by atoms with Gasteiger partial charge in [-0.1, -0.05) is 58.3 Å². The number of esters is 1. The van der Waals surface area contributed by atoms with Gasteiger partial charge < -0.3 is 35.2 Å². The number of hydrogen-bond acceptors (Lipinski definition) is 19. The molecule has 0 unspecified atom stereocenters. The van der Waals surface area contributed by atoms with Crippen LogP contribution in [-0.4, -0.2) is 114 Å². The van der Waals surface area contributed by atoms with Crippen molar-refractivity contribution in [2.75, 3.05) is 85.2 Å². The lowest BCUT2D eigenvalue weighted by Crippen LogP contribution is -2.43. The Morgan fingerprint density at radius 3 is 1.58 bits per heavy atom. The molecule has 398 valence electrons. The molecular weight excluding hydrogens is 1020 g/mol. The van der Waals surface area contributed by atoms with Gasteiger partial charge in [-0.15, -0.1) is 0 Å². The van der Waals surface area contributed by atoms with Crippen molar-refractivity contribution in [1.82, 2.24) is 30.2 Å². The number of piperidine rings is 2. The SMILES string of the molecule is CC(C)(C)OC(=O)Nc1ccc(-c2cccnc2)cc1CC(=O)c1cnc(N2CCCCC2)s1.COC(=O)c1cnc(N2CCCCC2)s1.Nc1ccc(-c2cccnc2)cc1CC(=O)c1cnc(N2CCNCC2)s1. The summed E-state index contributed by atoms with van der Waals surface area (Å²) in [6, 6.07) is 19.1. The number of ether oxygens (including phenoxy) is 2. The molecule has 3 aliphatic rings. The summed E-state index contributed by atoms with van der Waals surface area (Å²) in [6.45, 7) is 13.2. The zero-order valence-electron chi connectivity index (χ0n) is 43.5. The van der Waals surface area contributed by atoms with Crippen molar-refractivity contribution in [1.29, 1.82) is 0 Å². The number of pyridine rings is 2. The number of thiazole rings is 3. The van der Waals surface area contributed by atoms with Crippen LogP contribution in [0.1, 0.15) is 99.4 Å². The number of hydrogen-bond donors (Lipinski definition) is 3. The van der Waals surface area contributed by atoms with Gasteiger partial charge in [0.05, 0.1) is 35.5 Å². The normalized spacial score (nSPS) is 14.6. The van der Waals surface area contributed by atoms with Crippen molar-refractivity contribution in [2.24, 2.45) is 0 Å². The van der Waals surface area contributed by atoms with E-state index >= 15 is 0 Å². The molecule has 3 aliphatic heterocycles. The van der Waals surface area contributed by atoms with E-state index in [4.69, 9.17) is 10.5 Å². The third kappa shape index (κ3) is 15.5. The van der Waals surface area contributed by atoms with E-state index in [0.717, 1.165) is 108 Å². The molecule has 0 bridgehead atoms. The van der Waals surface area contributed by atoms with Gasteiger partial charge in [0.1, 0.15) is 10.5 Å². The van der Waals surface area contributed by atoms with Crippen molar-refractivity contribution < 1.29 is 28.7 Å². The molecule has 17 nitrogen and oxygen atoms in total. The first-order valence-corrected chi connectivity index (χ1v) is 28.0. The second-order valence-electron chi connectivity index (χ2n) is 19.4. The quantitative estimate of drug-likeness (QED) is 0.0557. The standard InChI is InChI=1S/C26H30N4O3S.C20H21N5OS.C10H14N2O2S/c1-26(2,3)33-25(32)29-21-10-9-18(19-8-7-11-27-16-19)14-20(21)15-22(31)23-17-28-24(34-23)30-12-5-4-6-13-30;21-17-4-3-14(15-2-1-5-23-12-15)10-16(17)11-18(26)19-13-24-20(27-19)25-8-6-22-7-9-25;1-14-9(13)8-7-11-10(15-8)12-5-3-2-4-6-12/h7-11,14,16-17H,4-6,12-13,15H2,1-3H3,(H,29,32);1-5,10,12-13,22H,6-9,11,21H2;7H,2-6H2,1H3. The summed E-state index contributed by atoms with van der Waals surface area (Å²) in [7, 11) is 1.39. The summed E-state index contributed by atoms with van der Waals surface area (Å²) >= 11 is 4.31. The van der Waals surface area contributed by atoms with Gasteiger partial charge in [-0.3, -0.25) is 24.9 Å². The van der Waals surface area contributed by atoms with Gasteiger partial charge in [-0.05, 0) is 129 Å². The summed E-state index contributed by atoms with van der Waals surface area (Å²) in [5.74, 6) is -0.281. The Morgan fingerprint density at radius 2 is 1.08 bits per heavy atom. The van der Waals surface area contributed by atoms with Crippen molar-refractivity contribution in [3.63, 3.8) is 0 Å². The number of rotatable bonds is 13. The topological polar surface area (TPSA) is 211 Å². The zero-order valence-corrected chi connectivity index (χ0v) is 45.9. The number of aromatic nitrogens is 5. The highest BCUT2D eigenvalue weighted by Crippen LogP contribution is 2.32. The number of nitrogen functional groups attached to an aromatic ring is 1. The molecule has 0 radical (unpaired) electrons. The van der Waals surface area contributed by atoms with Gasteiger partial charge >= 0.3 is 12.1 Å². The number of nitrogens with two attached hydrogens (primary N) is 1. The molecule has 2 aromatic carbocycles. The van der Waals surface area contributed by atoms with E-state index in [0.29, 0.717) is 31.6 Å². The zero-order chi connectivity index (χ0) is 53.4. The molecule has 1 amide bonds. The van der Waals surface area contributed by atoms with Crippen molar-refractivity contribution in [2.45, 2.75) is 77.7 Å². The molecule has 4 N–H and O–H groups in total. The molecular formula is C56H65N11O6S3. The van der Waals surface area contributed by atoms with Gasteiger partial charge in [0, 0.05) is 101 Å². The molecule has 0 aliphatic carbocycles. The van der Waals surface area contributed by atoms with Crippen LogP contribution in [-0.2, 0) is 22.3 Å². The molecule has 76 heavy (non-hydrogen) atoms. The number of piperazine rings is 1. The van der Waals surface area contributed by atoms with Crippen LogP contribution in [0, 0.1) is 0 Å². The molecule has 5 aromatic heterocycles. The van der Waals surface area contributed by atoms with Crippen LogP contribution >= 0.6 is 34.0 Å². The van der Waals surface area contributed by atoms with E-state index in [1.807, 2.05) is 75.4 Å². The van der Waals surface area contributed by atoms with Crippen molar-refractivity contribution in [3.05, 3.63) is 130 Å². The van der Waals surface area contributed by atoms with E-state index in [1.54, 1.807) is 49.4 Å². The molecule has 0 atom stereocenters. The van der Waals surface area contributed by atoms with Crippen LogP contribution in [0.5, 0.6) is 0 Å². The molecule has 3 saturated heterocycles. The number of nitrogens with zero attached hydrogens (tertiary/aromatic N) is 8. The third-order valence-electron chi connectivity index (χ3n) is 12.6. The first-order chi connectivity index (χ1) is 36.8. The van der Waals surface area contributed by atoms with Gasteiger partial charge in [0.15, 0.2) is 27.0 Å². The Hall–Kier alpha value is -7.13. The Balaban J connectivity index is 0.000000162. The predicted molar refractivity (Wildman–Crippen MR) is 305 cm³/mol. The monoisotopic (exact) mass is 1080 g/mol. The number of benzene rings is 2. The fourth-order valence-corrected chi connectivity index (χ4v) is 11.4. The Kier molecular flexibility index (Phi) is 19.3. The minimum atomic E-state index is -0.622. The number of Topliss-reactive ketones (excluding diaryl/α,β-unsaturated/α-hetero) is 2. The van der Waals surface area contributed by atoms with Crippen LogP contribution in [0.3, 0.4) is 0 Å². The maximum atomic E-state index is 13.2. The minimum Gasteiger partial charge on any atom is -0.465 e. The summed E-state index contributed by atoms with van der Waals surface area (Å²) in [5.41, 5.74) is 12.1. The minimum absolute atomic E-state index is 0.0312. The van der Waals surface area contributed by atoms with Crippen molar-refractivity contribution in [3.8, 4) is 22.3 Å². The summed E-state index contributed by atoms with van der Waals surface area (Å²) in [5, 5.41) is 8.89. The van der Waals surface area contributed by atoms with E-state index in [1.165, 1.54) is 66.8 Å². The summed E-state index contributed by atoms with van der Waals surface area (Å²) in [4.78, 5) is 79.8. The molecule has 8 heterocycles. The van der Waals surface area contributed by atoms with Gasteiger partial charge in [0.25, 0.3) is 0 Å². The first-order valence-electron chi connectivity index (χ1n) is 25.6. The lowest BCUT2D eigenvalue weighted by atomic mass is 9.99. The van der Waals surface area contributed by atoms with Crippen LogP contribution < -0.4 is 31.1 Å². The molecule has 0 saturated carbocycles. The number of methoxy groups -OCH3 is 1. The molecule has 20 heteroatoms. The van der Waals surface area contributed by atoms with E-state index in [-0.39, 0.29) is 30.4 Å². The fraction of sp³-hybridized carbons (Fsp3) is 0.375. The van der Waals surface area contributed by atoms with Crippen LogP contribution in [0.25, 0.3) is 22.3 Å². The maximum absolute atomic E-state index is 13.2. The van der Waals surface area contributed by atoms with Gasteiger partial charge in [-0.2, -0.15) is 0 Å². The Bertz CT molecular complexity index is 3030. The number of carbonyl (C=O) groups is 4. The number of anilines is 5. The molecule has 10 rings (SSSR count). The summed E-state index contributed by atoms with van der Waals surface area (Å²) in [6.07, 6.45) is 19.1. The number of ketones is 2. The lowest BCUT2D eigenvalue weighted by Gasteiger charge is -2.26. The third-order valence-corrected chi connectivity index (χ3v) is 15.9. The van der Waals surface area contributed by atoms with Crippen molar-refractivity contribution >= 4 is 84.4 Å². The fourth-order valence-electron chi connectivity index (χ4n) is 8.69. The highest BCUT2D eigenvalue weighted by Gasteiger charge is 2.23. The molecule has 0 spiro atoms. The highest BCUT2D eigenvalue weighted by molar-refractivity contribution is 7.18. The predicted octanol–water partition coefficient (Wildman–Crippen LogP) is 10.5. The second-order valence-corrected chi connectivity index (χ2v) is 22.5. The second kappa shape index (κ2) is 26.6. The molecule has 3 fully saturated rings. The number of carbonyl (C=O) groups excluding carboxylic acids is 4. The Labute approximate surface area is 456 Å². The smallest absolute Gasteiger partial charge is 0.412 e. The highest BCUT2D eigenvalue weighted by atomic mass is 32.1. The largest absolute Gasteiger partial charge is 0.465 e. The lowest BCUT2D eigenvalue weighted by molar-refractivity contribution is 0.0602. The average Bonchev–Trinajstić information content (AvgIpc) is 4.27. The van der Waals surface area contributed by atoms with Crippen LogP contribution in [0.4, 0.5) is 31.6 Å². The van der Waals surface area contributed by atoms with Crippen LogP contribution in [0.2, 0.25) is 0 Å². The van der Waals surface area contributed by atoms with Crippen LogP contribution in [0.15, 0.2) is 104 Å². The first kappa shape index (κ1) is 55.1. The van der Waals surface area contributed by atoms with Gasteiger partial charge in [0.2, 0.25) is 0 Å². The molecule has 7 aromatic rings. The number of nitrogens with one attached hydrogen (secondary N) is 2. The van der Waals surface area contributed by atoms with Gasteiger partial charge in [-0.25, -0.2) is 24.5 Å². The van der Waals surface area contributed by atoms with E-state index in [9.17, 15) is 19.2 Å². The maximum Gasteiger partial charge on any atom is 0.412 e. The average molecular weight is 1080 g/mol. The Morgan fingerprint density at radius 1 is 0.605 bits per heavy atom. The summed E-state index contributed by atoms with van der Waals surface area (Å²) < 4.78 is 10.1. The number of amides is 1. The van der Waals surface area contributed by atoms with E-state index in [2.05, 4.69) is 55.0 Å².